The summed E-state index contributed by atoms with van der Waals surface area (Å²) in [6.07, 6.45) is -4.66. The highest BCUT2D eigenvalue weighted by Gasteiger charge is 2.36. The Morgan fingerprint density at radius 2 is 1.72 bits per heavy atom. The number of benzene rings is 1. The maximum absolute atomic E-state index is 12.3. The van der Waals surface area contributed by atoms with Gasteiger partial charge in [-0.3, -0.25) is 0 Å². The van der Waals surface area contributed by atoms with Gasteiger partial charge in [-0.1, -0.05) is 18.2 Å². The Balaban J connectivity index is 3.05. The lowest BCUT2D eigenvalue weighted by atomic mass is 10.4. The van der Waals surface area contributed by atoms with Gasteiger partial charge in [0, 0.05) is 6.54 Å². The molecular weight excluding hydrogens is 271 g/mol. The molecule has 0 amide bonds. The van der Waals surface area contributed by atoms with Crippen LogP contribution in [0.1, 0.15) is 0 Å². The summed E-state index contributed by atoms with van der Waals surface area (Å²) in [7, 11) is -4.24. The van der Waals surface area contributed by atoms with Crippen molar-refractivity contribution < 1.29 is 26.7 Å². The third-order valence-electron chi connectivity index (χ3n) is 2.09. The van der Waals surface area contributed by atoms with Crippen LogP contribution in [0.25, 0.3) is 0 Å². The topological polar surface area (TPSA) is 57.6 Å². The predicted octanol–water partition coefficient (Wildman–Crippen LogP) is 1.23. The molecule has 102 valence electrons. The van der Waals surface area contributed by atoms with Crippen molar-refractivity contribution in [3.8, 4) is 0 Å². The first-order valence-electron chi connectivity index (χ1n) is 5.00. The van der Waals surface area contributed by atoms with Crippen LogP contribution in [0.4, 0.5) is 13.2 Å². The summed E-state index contributed by atoms with van der Waals surface area (Å²) in [6, 6.07) is 6.79. The molecule has 4 nitrogen and oxygen atoms in total. The lowest BCUT2D eigenvalue weighted by molar-refractivity contribution is -0.136. The molecule has 0 aromatic heterocycles. The molecule has 0 heterocycles. The Labute approximate surface area is 103 Å². The summed E-state index contributed by atoms with van der Waals surface area (Å²) in [5.74, 6) is 0. The zero-order chi connectivity index (χ0) is 13.8. The molecule has 1 aromatic rings. The number of sulfonamides is 1. The number of aliphatic hydroxyl groups is 1. The van der Waals surface area contributed by atoms with E-state index in [1.807, 2.05) is 0 Å². The summed E-state index contributed by atoms with van der Waals surface area (Å²) in [4.78, 5) is -0.234. The summed E-state index contributed by atoms with van der Waals surface area (Å²) in [5.41, 5.74) is 0. The summed E-state index contributed by atoms with van der Waals surface area (Å²) in [5, 5.41) is 8.67. The van der Waals surface area contributed by atoms with E-state index in [0.29, 0.717) is 0 Å². The fraction of sp³-hybridized carbons (Fsp3) is 0.400. The van der Waals surface area contributed by atoms with Crippen molar-refractivity contribution in [1.82, 2.24) is 4.31 Å². The smallest absolute Gasteiger partial charge is 0.395 e. The zero-order valence-electron chi connectivity index (χ0n) is 9.26. The second kappa shape index (κ2) is 5.68. The monoisotopic (exact) mass is 283 g/mol. The first-order chi connectivity index (χ1) is 8.27. The normalized spacial score (nSPS) is 12.9. The van der Waals surface area contributed by atoms with E-state index in [1.165, 1.54) is 24.3 Å². The summed E-state index contributed by atoms with van der Waals surface area (Å²) < 4.78 is 60.9. The van der Waals surface area contributed by atoms with Gasteiger partial charge in [-0.05, 0) is 12.1 Å². The van der Waals surface area contributed by atoms with Crippen molar-refractivity contribution in [2.24, 2.45) is 0 Å². The lowest BCUT2D eigenvalue weighted by Gasteiger charge is -2.22. The molecular formula is C10H12F3NO3S. The molecule has 0 spiro atoms. The van der Waals surface area contributed by atoms with Crippen LogP contribution < -0.4 is 0 Å². The molecule has 0 atom stereocenters. The Morgan fingerprint density at radius 1 is 1.17 bits per heavy atom. The molecule has 1 N–H and O–H groups in total. The molecule has 0 fully saturated rings. The number of aliphatic hydroxyl groups excluding tert-OH is 1. The lowest BCUT2D eigenvalue weighted by Crippen LogP contribution is -2.40. The Bertz CT molecular complexity index is 473. The molecule has 18 heavy (non-hydrogen) atoms. The van der Waals surface area contributed by atoms with Crippen molar-refractivity contribution in [3.63, 3.8) is 0 Å². The summed E-state index contributed by atoms with van der Waals surface area (Å²) in [6.45, 7) is -2.90. The molecule has 0 bridgehead atoms. The van der Waals surface area contributed by atoms with E-state index < -0.39 is 35.9 Å². The number of nitrogens with zero attached hydrogens (tertiary/aromatic N) is 1. The van der Waals surface area contributed by atoms with Gasteiger partial charge in [-0.25, -0.2) is 8.42 Å². The fourth-order valence-electron chi connectivity index (χ4n) is 1.34. The van der Waals surface area contributed by atoms with Gasteiger partial charge in [0.2, 0.25) is 10.0 Å². The van der Waals surface area contributed by atoms with Gasteiger partial charge < -0.3 is 5.11 Å². The second-order valence-corrected chi connectivity index (χ2v) is 5.43. The Kier molecular flexibility index (Phi) is 4.71. The number of rotatable bonds is 5. The van der Waals surface area contributed by atoms with Crippen LogP contribution >= 0.6 is 0 Å². The minimum atomic E-state index is -4.66. The van der Waals surface area contributed by atoms with Gasteiger partial charge in [-0.15, -0.1) is 0 Å². The highest BCUT2D eigenvalue weighted by atomic mass is 32.2. The Hall–Kier alpha value is -1.12. The average Bonchev–Trinajstić information content (AvgIpc) is 2.28. The van der Waals surface area contributed by atoms with Crippen LogP contribution in [0.15, 0.2) is 35.2 Å². The van der Waals surface area contributed by atoms with Crippen molar-refractivity contribution in [3.05, 3.63) is 30.3 Å². The maximum Gasteiger partial charge on any atom is 0.402 e. The van der Waals surface area contributed by atoms with Crippen molar-refractivity contribution >= 4 is 10.0 Å². The van der Waals surface area contributed by atoms with E-state index in [2.05, 4.69) is 0 Å². The van der Waals surface area contributed by atoms with Gasteiger partial charge >= 0.3 is 6.18 Å². The highest BCUT2D eigenvalue weighted by Crippen LogP contribution is 2.22. The highest BCUT2D eigenvalue weighted by molar-refractivity contribution is 7.89. The van der Waals surface area contributed by atoms with Crippen LogP contribution in [-0.4, -0.2) is 43.7 Å². The third-order valence-corrected chi connectivity index (χ3v) is 3.95. The molecule has 0 aliphatic rings. The van der Waals surface area contributed by atoms with E-state index in [4.69, 9.17) is 5.11 Å². The molecule has 8 heteroatoms. The van der Waals surface area contributed by atoms with Crippen LogP contribution in [0.5, 0.6) is 0 Å². The quantitative estimate of drug-likeness (QED) is 0.884. The molecule has 0 saturated heterocycles. The molecule has 0 aliphatic heterocycles. The largest absolute Gasteiger partial charge is 0.402 e. The average molecular weight is 283 g/mol. The van der Waals surface area contributed by atoms with Crippen molar-refractivity contribution in [1.29, 1.82) is 0 Å². The molecule has 0 unspecified atom stereocenters. The number of hydrogen-bond donors (Lipinski definition) is 1. The number of halogens is 3. The van der Waals surface area contributed by atoms with Crippen LogP contribution in [0.3, 0.4) is 0 Å². The van der Waals surface area contributed by atoms with Gasteiger partial charge in [-0.2, -0.15) is 17.5 Å². The SMILES string of the molecule is O=S(=O)(c1ccccc1)N(CCO)CC(F)(F)F. The predicted molar refractivity (Wildman–Crippen MR) is 58.3 cm³/mol. The Morgan fingerprint density at radius 3 is 2.17 bits per heavy atom. The minimum absolute atomic E-state index is 0.211. The molecule has 1 aromatic carbocycles. The van der Waals surface area contributed by atoms with E-state index in [1.54, 1.807) is 6.07 Å². The van der Waals surface area contributed by atoms with E-state index in [0.717, 1.165) is 0 Å². The third kappa shape index (κ3) is 3.97. The molecule has 1 rings (SSSR count). The first kappa shape index (κ1) is 14.9. The standard InChI is InChI=1S/C10H12F3NO3S/c11-10(12,13)8-14(6-7-15)18(16,17)9-4-2-1-3-5-9/h1-5,15H,6-8H2. The van der Waals surface area contributed by atoms with E-state index in [9.17, 15) is 21.6 Å². The van der Waals surface area contributed by atoms with Gasteiger partial charge in [0.05, 0.1) is 11.5 Å². The first-order valence-corrected chi connectivity index (χ1v) is 6.44. The van der Waals surface area contributed by atoms with Gasteiger partial charge in [0.15, 0.2) is 0 Å². The maximum atomic E-state index is 12.3. The van der Waals surface area contributed by atoms with Crippen LogP contribution in [0, 0.1) is 0 Å². The zero-order valence-corrected chi connectivity index (χ0v) is 10.1. The van der Waals surface area contributed by atoms with Crippen LogP contribution in [0.2, 0.25) is 0 Å². The second-order valence-electron chi connectivity index (χ2n) is 3.49. The van der Waals surface area contributed by atoms with Crippen LogP contribution in [-0.2, 0) is 10.0 Å². The van der Waals surface area contributed by atoms with Crippen molar-refractivity contribution in [2.45, 2.75) is 11.1 Å². The molecule has 0 radical (unpaired) electrons. The summed E-state index contributed by atoms with van der Waals surface area (Å²) >= 11 is 0. The number of hydrogen-bond acceptors (Lipinski definition) is 3. The molecule has 0 saturated carbocycles. The fourth-order valence-corrected chi connectivity index (χ4v) is 2.77. The van der Waals surface area contributed by atoms with Gasteiger partial charge in [0.25, 0.3) is 0 Å². The number of alkyl halides is 3. The van der Waals surface area contributed by atoms with Gasteiger partial charge in [0.1, 0.15) is 6.54 Å². The van der Waals surface area contributed by atoms with Crippen molar-refractivity contribution in [2.75, 3.05) is 19.7 Å². The minimum Gasteiger partial charge on any atom is -0.395 e. The molecule has 0 aliphatic carbocycles. The van der Waals surface area contributed by atoms with E-state index in [-0.39, 0.29) is 9.20 Å². The van der Waals surface area contributed by atoms with E-state index >= 15 is 0 Å².